The summed E-state index contributed by atoms with van der Waals surface area (Å²) in [7, 11) is 0. The number of benzene rings is 1. The second kappa shape index (κ2) is 4.27. The first-order chi connectivity index (χ1) is 8.33. The van der Waals surface area contributed by atoms with Gasteiger partial charge < -0.3 is 4.74 Å². The van der Waals surface area contributed by atoms with Gasteiger partial charge in [-0.3, -0.25) is 0 Å². The molecule has 0 N–H and O–H groups in total. The van der Waals surface area contributed by atoms with Gasteiger partial charge in [0.15, 0.2) is 5.75 Å². The van der Waals surface area contributed by atoms with Crippen molar-refractivity contribution in [1.29, 1.82) is 0 Å². The summed E-state index contributed by atoms with van der Waals surface area (Å²) in [5, 5.41) is 0.348. The van der Waals surface area contributed by atoms with E-state index in [0.717, 1.165) is 10.2 Å². The molecule has 4 nitrogen and oxygen atoms in total. The molecule has 0 atom stereocenters. The van der Waals surface area contributed by atoms with Crippen molar-refractivity contribution < 1.29 is 4.74 Å². The first-order valence-electron chi connectivity index (χ1n) is 4.80. The molecular formula is C11H6ClN3OS. The molecular weight excluding hydrogens is 258 g/mol. The lowest BCUT2D eigenvalue weighted by Gasteiger charge is -2.04. The number of ether oxygens (including phenoxy) is 1. The van der Waals surface area contributed by atoms with Crippen LogP contribution in [0.2, 0.25) is 5.15 Å². The maximum atomic E-state index is 5.76. The SMILES string of the molecule is Clc1cc(Oc2cccc3scnc23)ncn1. The summed E-state index contributed by atoms with van der Waals surface area (Å²) in [5.74, 6) is 1.07. The second-order valence-corrected chi connectivity index (χ2v) is 4.51. The van der Waals surface area contributed by atoms with Crippen molar-refractivity contribution >= 4 is 33.2 Å². The number of para-hydroxylation sites is 1. The topological polar surface area (TPSA) is 47.9 Å². The molecule has 0 radical (unpaired) electrons. The van der Waals surface area contributed by atoms with Gasteiger partial charge in [0.05, 0.1) is 10.2 Å². The molecule has 0 unspecified atom stereocenters. The summed E-state index contributed by atoms with van der Waals surface area (Å²) in [6, 6.07) is 7.32. The summed E-state index contributed by atoms with van der Waals surface area (Å²) < 4.78 is 6.71. The van der Waals surface area contributed by atoms with Crippen LogP contribution in [-0.2, 0) is 0 Å². The molecule has 0 aliphatic rings. The van der Waals surface area contributed by atoms with Gasteiger partial charge in [0.25, 0.3) is 0 Å². The Morgan fingerprint density at radius 1 is 1.18 bits per heavy atom. The monoisotopic (exact) mass is 263 g/mol. The van der Waals surface area contributed by atoms with Gasteiger partial charge in [-0.15, -0.1) is 11.3 Å². The van der Waals surface area contributed by atoms with Crippen molar-refractivity contribution in [3.8, 4) is 11.6 Å². The van der Waals surface area contributed by atoms with E-state index in [9.17, 15) is 0 Å². The van der Waals surface area contributed by atoms with Crippen LogP contribution in [0.1, 0.15) is 0 Å². The summed E-state index contributed by atoms with van der Waals surface area (Å²) >= 11 is 7.33. The van der Waals surface area contributed by atoms with Crippen LogP contribution in [0, 0.1) is 0 Å². The highest BCUT2D eigenvalue weighted by molar-refractivity contribution is 7.16. The zero-order valence-corrected chi connectivity index (χ0v) is 10.1. The molecule has 0 aliphatic heterocycles. The molecule has 2 aromatic heterocycles. The molecule has 0 bridgehead atoms. The van der Waals surface area contributed by atoms with Gasteiger partial charge in [-0.25, -0.2) is 15.0 Å². The minimum atomic E-state index is 0.348. The molecule has 6 heteroatoms. The van der Waals surface area contributed by atoms with Crippen LogP contribution < -0.4 is 4.74 Å². The minimum absolute atomic E-state index is 0.348. The van der Waals surface area contributed by atoms with Gasteiger partial charge in [-0.2, -0.15) is 0 Å². The Bertz CT molecular complexity index is 670. The van der Waals surface area contributed by atoms with Crippen LogP contribution in [0.4, 0.5) is 0 Å². The van der Waals surface area contributed by atoms with E-state index in [1.807, 2.05) is 18.2 Å². The summed E-state index contributed by atoms with van der Waals surface area (Å²) in [5.41, 5.74) is 2.61. The standard InChI is InChI=1S/C11H6ClN3OS/c12-9-4-10(14-5-13-9)16-7-2-1-3-8-11(7)15-6-17-8/h1-6H. The Hall–Kier alpha value is -1.72. The third-order valence-electron chi connectivity index (χ3n) is 2.15. The van der Waals surface area contributed by atoms with Crippen molar-refractivity contribution in [1.82, 2.24) is 15.0 Å². The van der Waals surface area contributed by atoms with Gasteiger partial charge in [-0.1, -0.05) is 17.7 Å². The van der Waals surface area contributed by atoms with Gasteiger partial charge >= 0.3 is 0 Å². The number of halogens is 1. The fourth-order valence-corrected chi connectivity index (χ4v) is 2.26. The van der Waals surface area contributed by atoms with Gasteiger partial charge in [0.2, 0.25) is 5.88 Å². The maximum absolute atomic E-state index is 5.76. The Kier molecular flexibility index (Phi) is 2.62. The predicted molar refractivity (Wildman–Crippen MR) is 66.7 cm³/mol. The number of aromatic nitrogens is 3. The van der Waals surface area contributed by atoms with Gasteiger partial charge in [-0.05, 0) is 12.1 Å². The molecule has 3 aromatic rings. The van der Waals surface area contributed by atoms with Crippen molar-refractivity contribution in [3.63, 3.8) is 0 Å². The highest BCUT2D eigenvalue weighted by atomic mass is 35.5. The van der Waals surface area contributed by atoms with E-state index in [1.165, 1.54) is 6.33 Å². The lowest BCUT2D eigenvalue weighted by atomic mass is 10.3. The van der Waals surface area contributed by atoms with Crippen molar-refractivity contribution in [2.45, 2.75) is 0 Å². The zero-order chi connectivity index (χ0) is 11.7. The van der Waals surface area contributed by atoms with E-state index >= 15 is 0 Å². The molecule has 0 saturated heterocycles. The van der Waals surface area contributed by atoms with Crippen molar-refractivity contribution in [2.75, 3.05) is 0 Å². The number of thiazole rings is 1. The number of hydrogen-bond acceptors (Lipinski definition) is 5. The molecule has 84 valence electrons. The summed E-state index contributed by atoms with van der Waals surface area (Å²) in [6.07, 6.45) is 1.36. The number of fused-ring (bicyclic) bond motifs is 1. The molecule has 17 heavy (non-hydrogen) atoms. The molecule has 2 heterocycles. The first kappa shape index (κ1) is 10.4. The number of nitrogens with zero attached hydrogens (tertiary/aromatic N) is 3. The largest absolute Gasteiger partial charge is 0.437 e. The van der Waals surface area contributed by atoms with Crippen LogP contribution in [-0.4, -0.2) is 15.0 Å². The van der Waals surface area contributed by atoms with E-state index < -0.39 is 0 Å². The van der Waals surface area contributed by atoms with E-state index in [1.54, 1.807) is 22.9 Å². The smallest absolute Gasteiger partial charge is 0.223 e. The summed E-state index contributed by atoms with van der Waals surface area (Å²) in [4.78, 5) is 12.0. The molecule has 1 aromatic carbocycles. The van der Waals surface area contributed by atoms with Crippen LogP contribution in [0.15, 0.2) is 36.1 Å². The highest BCUT2D eigenvalue weighted by Crippen LogP contribution is 2.30. The molecule has 0 aliphatic carbocycles. The van der Waals surface area contributed by atoms with Gasteiger partial charge in [0.1, 0.15) is 17.0 Å². The van der Waals surface area contributed by atoms with Crippen LogP contribution in [0.5, 0.6) is 11.6 Å². The van der Waals surface area contributed by atoms with E-state index in [0.29, 0.717) is 16.8 Å². The average molecular weight is 264 g/mol. The third-order valence-corrected chi connectivity index (χ3v) is 3.15. The fraction of sp³-hybridized carbons (Fsp3) is 0. The van der Waals surface area contributed by atoms with Gasteiger partial charge in [0, 0.05) is 6.07 Å². The van der Waals surface area contributed by atoms with Crippen LogP contribution in [0.3, 0.4) is 0 Å². The minimum Gasteiger partial charge on any atom is -0.437 e. The number of hydrogen-bond donors (Lipinski definition) is 0. The lowest BCUT2D eigenvalue weighted by molar-refractivity contribution is 0.466. The molecule has 0 fully saturated rings. The first-order valence-corrected chi connectivity index (χ1v) is 6.06. The Balaban J connectivity index is 2.02. The maximum Gasteiger partial charge on any atom is 0.223 e. The second-order valence-electron chi connectivity index (χ2n) is 3.24. The molecule has 0 saturated carbocycles. The Morgan fingerprint density at radius 3 is 3.00 bits per heavy atom. The summed E-state index contributed by atoms with van der Waals surface area (Å²) in [6.45, 7) is 0. The Morgan fingerprint density at radius 2 is 2.12 bits per heavy atom. The van der Waals surface area contributed by atoms with Crippen molar-refractivity contribution in [2.24, 2.45) is 0 Å². The van der Waals surface area contributed by atoms with Crippen LogP contribution in [0.25, 0.3) is 10.2 Å². The number of rotatable bonds is 2. The Labute approximate surface area is 106 Å². The van der Waals surface area contributed by atoms with Crippen molar-refractivity contribution in [3.05, 3.63) is 41.3 Å². The zero-order valence-electron chi connectivity index (χ0n) is 8.50. The molecule has 3 rings (SSSR count). The normalized spacial score (nSPS) is 10.6. The average Bonchev–Trinajstić information content (AvgIpc) is 2.78. The van der Waals surface area contributed by atoms with Crippen LogP contribution >= 0.6 is 22.9 Å². The lowest BCUT2D eigenvalue weighted by Crippen LogP contribution is -1.89. The molecule has 0 amide bonds. The third kappa shape index (κ3) is 2.07. The van der Waals surface area contributed by atoms with E-state index in [-0.39, 0.29) is 0 Å². The predicted octanol–water partition coefficient (Wildman–Crippen LogP) is 3.53. The quantitative estimate of drug-likeness (QED) is 0.664. The fourth-order valence-electron chi connectivity index (χ4n) is 1.43. The van der Waals surface area contributed by atoms with E-state index in [2.05, 4.69) is 15.0 Å². The molecule has 0 spiro atoms. The highest BCUT2D eigenvalue weighted by Gasteiger charge is 2.06. The van der Waals surface area contributed by atoms with E-state index in [4.69, 9.17) is 16.3 Å².